The minimum Gasteiger partial charge on any atom is -0.348 e. The van der Waals surface area contributed by atoms with Crippen LogP contribution in [0.3, 0.4) is 0 Å². The summed E-state index contributed by atoms with van der Waals surface area (Å²) in [6.45, 7) is 8.85. The normalized spacial score (nSPS) is 11.5. The molecule has 0 N–H and O–H groups in total. The highest BCUT2D eigenvalue weighted by Crippen LogP contribution is 2.35. The molecule has 0 aliphatic rings. The number of rotatable bonds is 15. The lowest BCUT2D eigenvalue weighted by atomic mass is 9.84. The zero-order chi connectivity index (χ0) is 24.6. The summed E-state index contributed by atoms with van der Waals surface area (Å²) in [5, 5.41) is 0. The Morgan fingerprint density at radius 1 is 0.765 bits per heavy atom. The Kier molecular flexibility index (Phi) is 13.0. The molecule has 2 rings (SSSR count). The molecule has 0 atom stereocenters. The fourth-order valence-electron chi connectivity index (χ4n) is 4.67. The van der Waals surface area contributed by atoms with Crippen LogP contribution >= 0.6 is 0 Å². The summed E-state index contributed by atoms with van der Waals surface area (Å²) in [4.78, 5) is 3.37. The molecule has 0 aliphatic heterocycles. The van der Waals surface area contributed by atoms with Crippen LogP contribution in [0, 0.1) is 6.92 Å². The van der Waals surface area contributed by atoms with Gasteiger partial charge in [-0.3, -0.25) is 0 Å². The smallest absolute Gasteiger partial charge is 0.303 e. The van der Waals surface area contributed by atoms with Gasteiger partial charge < -0.3 is 5.53 Å². The third kappa shape index (κ3) is 8.94. The average Bonchev–Trinajstić information content (AvgIpc) is 2.84. The molecule has 2 aromatic carbocycles. The van der Waals surface area contributed by atoms with Crippen LogP contribution in [-0.2, 0) is 6.42 Å². The Morgan fingerprint density at radius 3 is 2.12 bits per heavy atom. The van der Waals surface area contributed by atoms with Crippen molar-refractivity contribution in [3.05, 3.63) is 87.5 Å². The lowest BCUT2D eigenvalue weighted by molar-refractivity contribution is 0.00740. The van der Waals surface area contributed by atoms with Gasteiger partial charge in [-0.2, -0.15) is 0 Å². The highest BCUT2D eigenvalue weighted by atomic mass is 14.8. The fourth-order valence-corrected chi connectivity index (χ4v) is 4.67. The molecule has 0 bridgehead atoms. The SMILES string of the molecule is CCCCCCCCC(C(=C=[N+]=[N-])CCC)=C(c1cccc(C)c1)c1cccc(CCCC)c1. The molecule has 0 radical (unpaired) electrons. The van der Waals surface area contributed by atoms with Gasteiger partial charge in [0.15, 0.2) is 0 Å². The number of unbranched alkanes of at least 4 members (excludes halogenated alkanes) is 6. The molecule has 2 heteroatoms. The second-order valence-corrected chi connectivity index (χ2v) is 9.49. The molecular formula is C32H44N2. The van der Waals surface area contributed by atoms with Crippen LogP contribution in [0.2, 0.25) is 0 Å². The summed E-state index contributed by atoms with van der Waals surface area (Å²) >= 11 is 0. The van der Waals surface area contributed by atoms with Crippen LogP contribution in [0.1, 0.15) is 114 Å². The second-order valence-electron chi connectivity index (χ2n) is 9.49. The summed E-state index contributed by atoms with van der Waals surface area (Å²) < 4.78 is 0. The maximum absolute atomic E-state index is 9.46. The molecule has 0 fully saturated rings. The zero-order valence-corrected chi connectivity index (χ0v) is 22.0. The second kappa shape index (κ2) is 16.0. The summed E-state index contributed by atoms with van der Waals surface area (Å²) in [7, 11) is 0. The van der Waals surface area contributed by atoms with Crippen molar-refractivity contribution in [3.63, 3.8) is 0 Å². The maximum Gasteiger partial charge on any atom is 0.303 e. The first-order valence-corrected chi connectivity index (χ1v) is 13.5. The molecule has 0 aliphatic carbocycles. The average molecular weight is 457 g/mol. The number of allylic oxidation sites excluding steroid dienone is 2. The van der Waals surface area contributed by atoms with Gasteiger partial charge in [0.05, 0.1) is 5.57 Å². The van der Waals surface area contributed by atoms with Crippen molar-refractivity contribution in [2.75, 3.05) is 0 Å². The third-order valence-electron chi connectivity index (χ3n) is 6.47. The van der Waals surface area contributed by atoms with Crippen LogP contribution in [-0.4, -0.2) is 10.7 Å². The molecule has 0 spiro atoms. The van der Waals surface area contributed by atoms with Crippen molar-refractivity contribution >= 4 is 11.4 Å². The molecule has 0 unspecified atom stereocenters. The van der Waals surface area contributed by atoms with Crippen LogP contribution in [0.5, 0.6) is 0 Å². The monoisotopic (exact) mass is 456 g/mol. The predicted octanol–water partition coefficient (Wildman–Crippen LogP) is 9.52. The van der Waals surface area contributed by atoms with E-state index in [1.54, 1.807) is 0 Å². The van der Waals surface area contributed by atoms with E-state index in [1.807, 2.05) is 0 Å². The Bertz CT molecular complexity index is 1000. The van der Waals surface area contributed by atoms with Gasteiger partial charge in [-0.05, 0) is 66.9 Å². The Balaban J connectivity index is 2.63. The van der Waals surface area contributed by atoms with E-state index in [-0.39, 0.29) is 0 Å². The highest BCUT2D eigenvalue weighted by Gasteiger charge is 2.18. The van der Waals surface area contributed by atoms with E-state index < -0.39 is 0 Å². The van der Waals surface area contributed by atoms with Crippen molar-refractivity contribution in [3.8, 4) is 0 Å². The first kappa shape index (κ1) is 27.6. The van der Waals surface area contributed by atoms with Gasteiger partial charge in [-0.1, -0.05) is 120 Å². The van der Waals surface area contributed by atoms with Crippen LogP contribution in [0.15, 0.2) is 59.7 Å². The van der Waals surface area contributed by atoms with Gasteiger partial charge in [0.25, 0.3) is 0 Å². The number of nitrogens with zero attached hydrogens (tertiary/aromatic N) is 2. The van der Waals surface area contributed by atoms with Gasteiger partial charge in [0, 0.05) is 0 Å². The number of benzene rings is 2. The van der Waals surface area contributed by atoms with Gasteiger partial charge in [0.1, 0.15) is 0 Å². The van der Waals surface area contributed by atoms with E-state index in [0.717, 1.165) is 37.7 Å². The maximum atomic E-state index is 9.46. The number of hydrogen-bond acceptors (Lipinski definition) is 0. The minimum absolute atomic E-state index is 0.861. The van der Waals surface area contributed by atoms with Gasteiger partial charge in [-0.25, -0.2) is 0 Å². The minimum atomic E-state index is 0.861. The Morgan fingerprint density at radius 2 is 1.44 bits per heavy atom. The molecule has 0 heterocycles. The largest absolute Gasteiger partial charge is 0.348 e. The van der Waals surface area contributed by atoms with Crippen LogP contribution in [0.25, 0.3) is 11.1 Å². The van der Waals surface area contributed by atoms with Crippen LogP contribution < -0.4 is 0 Å². The summed E-state index contributed by atoms with van der Waals surface area (Å²) in [6.07, 6.45) is 13.9. The lowest BCUT2D eigenvalue weighted by Gasteiger charge is -2.18. The predicted molar refractivity (Wildman–Crippen MR) is 147 cm³/mol. The number of aryl methyl sites for hydroxylation is 2. The van der Waals surface area contributed by atoms with E-state index >= 15 is 0 Å². The summed E-state index contributed by atoms with van der Waals surface area (Å²) in [5.41, 5.74) is 18.2. The first-order valence-electron chi connectivity index (χ1n) is 13.5. The van der Waals surface area contributed by atoms with Crippen molar-refractivity contribution in [2.24, 2.45) is 0 Å². The van der Waals surface area contributed by atoms with Gasteiger partial charge in [-0.15, -0.1) is 4.79 Å². The summed E-state index contributed by atoms with van der Waals surface area (Å²) in [6, 6.07) is 17.9. The van der Waals surface area contributed by atoms with Crippen molar-refractivity contribution < 1.29 is 4.79 Å². The third-order valence-corrected chi connectivity index (χ3v) is 6.47. The van der Waals surface area contributed by atoms with Crippen LogP contribution in [0.4, 0.5) is 0 Å². The fraction of sp³-hybridized carbons (Fsp3) is 0.500. The molecule has 0 aromatic heterocycles. The van der Waals surface area contributed by atoms with E-state index in [9.17, 15) is 5.53 Å². The molecule has 0 saturated carbocycles. The molecule has 0 saturated heterocycles. The van der Waals surface area contributed by atoms with E-state index in [2.05, 4.69) is 86.9 Å². The van der Waals surface area contributed by atoms with E-state index in [1.165, 1.54) is 78.3 Å². The Hall–Kier alpha value is -2.66. The molecule has 34 heavy (non-hydrogen) atoms. The van der Waals surface area contributed by atoms with Crippen molar-refractivity contribution in [2.45, 2.75) is 105 Å². The van der Waals surface area contributed by atoms with Crippen molar-refractivity contribution in [1.29, 1.82) is 0 Å². The number of hydrogen-bond donors (Lipinski definition) is 0. The van der Waals surface area contributed by atoms with E-state index in [4.69, 9.17) is 0 Å². The first-order chi connectivity index (χ1) is 16.6. The molecule has 2 aromatic rings. The molecule has 0 amide bonds. The summed E-state index contributed by atoms with van der Waals surface area (Å²) in [5.74, 6) is 2.97. The quantitative estimate of drug-likeness (QED) is 0.0841. The zero-order valence-electron chi connectivity index (χ0n) is 22.0. The highest BCUT2D eigenvalue weighted by molar-refractivity contribution is 5.87. The van der Waals surface area contributed by atoms with Gasteiger partial charge in [0.2, 0.25) is 0 Å². The standard InChI is InChI=1S/C32H44N2/c1-5-8-10-11-12-13-22-31(30(16-7-3)25-34-33)32(28-20-14-17-26(4)23-28)29-21-15-19-27(24-29)18-9-6-2/h14-15,17,19-21,23-24H,5-13,16,18,22H2,1-4H3. The molecule has 2 nitrogen and oxygen atoms in total. The lowest BCUT2D eigenvalue weighted by Crippen LogP contribution is -2.02. The molecule has 182 valence electrons. The Labute approximate surface area is 208 Å². The topological polar surface area (TPSA) is 36.4 Å². The van der Waals surface area contributed by atoms with Crippen molar-refractivity contribution in [1.82, 2.24) is 0 Å². The van der Waals surface area contributed by atoms with Gasteiger partial charge >= 0.3 is 5.87 Å². The molecular weight excluding hydrogens is 412 g/mol. The van der Waals surface area contributed by atoms with E-state index in [0.29, 0.717) is 0 Å².